The van der Waals surface area contributed by atoms with E-state index in [0.717, 1.165) is 5.56 Å². The van der Waals surface area contributed by atoms with Gasteiger partial charge in [0.15, 0.2) is 6.10 Å². The number of nitrogens with one attached hydrogen (secondary N) is 1. The zero-order valence-electron chi connectivity index (χ0n) is 8.84. The molecule has 5 heteroatoms. The highest BCUT2D eigenvalue weighted by molar-refractivity contribution is 5.21. The van der Waals surface area contributed by atoms with Gasteiger partial charge in [0.1, 0.15) is 0 Å². The maximum atomic E-state index is 10.9. The second kappa shape index (κ2) is 4.76. The largest absolute Gasteiger partial charge is 0.434 e. The Morgan fingerprint density at radius 1 is 1.44 bits per heavy atom. The fourth-order valence-electron chi connectivity index (χ4n) is 1.46. The first kappa shape index (κ1) is 10.6. The summed E-state index contributed by atoms with van der Waals surface area (Å²) in [6, 6.07) is 9.50. The molecule has 16 heavy (non-hydrogen) atoms. The first-order valence-electron chi connectivity index (χ1n) is 5.03. The van der Waals surface area contributed by atoms with Gasteiger partial charge in [0.25, 0.3) is 5.89 Å². The molecule has 1 aromatic heterocycles. The summed E-state index contributed by atoms with van der Waals surface area (Å²) < 4.78 is 10.4. The number of H-pyrrole nitrogens is 1. The van der Waals surface area contributed by atoms with Gasteiger partial charge in [-0.1, -0.05) is 30.3 Å². The summed E-state index contributed by atoms with van der Waals surface area (Å²) in [5.74, 6) is -0.325. The predicted molar refractivity (Wildman–Crippen MR) is 57.0 cm³/mol. The maximum absolute atomic E-state index is 10.9. The van der Waals surface area contributed by atoms with Gasteiger partial charge in [-0.25, -0.2) is 9.89 Å². The van der Waals surface area contributed by atoms with Crippen LogP contribution in [-0.4, -0.2) is 16.8 Å². The van der Waals surface area contributed by atoms with Crippen LogP contribution in [0, 0.1) is 0 Å². The van der Waals surface area contributed by atoms with Crippen molar-refractivity contribution in [3.63, 3.8) is 0 Å². The lowest BCUT2D eigenvalue weighted by molar-refractivity contribution is 0.0704. The van der Waals surface area contributed by atoms with Gasteiger partial charge in [-0.15, -0.1) is 5.10 Å². The Morgan fingerprint density at radius 2 is 2.19 bits per heavy atom. The number of nitrogens with zero attached hydrogens (tertiary/aromatic N) is 1. The first-order chi connectivity index (χ1) is 7.81. The van der Waals surface area contributed by atoms with Gasteiger partial charge in [-0.2, -0.15) is 0 Å². The van der Waals surface area contributed by atoms with E-state index in [-0.39, 0.29) is 5.89 Å². The predicted octanol–water partition coefficient (Wildman–Crippen LogP) is 1.49. The van der Waals surface area contributed by atoms with Gasteiger partial charge in [0.05, 0.1) is 0 Å². The molecule has 84 valence electrons. The highest BCUT2D eigenvalue weighted by Crippen LogP contribution is 2.22. The standard InChI is InChI=1S/C11H12N2O3/c1-2-15-9(8-6-4-3-5-7-8)10-12-13-11(14)16-10/h3-7,9H,2H2,1H3,(H,13,14). The van der Waals surface area contributed by atoms with Crippen molar-refractivity contribution in [1.29, 1.82) is 0 Å². The fraction of sp³-hybridized carbons (Fsp3) is 0.273. The van der Waals surface area contributed by atoms with Crippen molar-refractivity contribution in [1.82, 2.24) is 10.2 Å². The molecule has 0 spiro atoms. The van der Waals surface area contributed by atoms with Gasteiger partial charge >= 0.3 is 5.76 Å². The quantitative estimate of drug-likeness (QED) is 0.847. The fourth-order valence-corrected chi connectivity index (χ4v) is 1.46. The molecule has 5 nitrogen and oxygen atoms in total. The zero-order chi connectivity index (χ0) is 11.4. The van der Waals surface area contributed by atoms with E-state index in [9.17, 15) is 4.79 Å². The second-order valence-corrected chi connectivity index (χ2v) is 3.20. The number of hydrogen-bond acceptors (Lipinski definition) is 4. The number of aromatic amines is 1. The molecule has 1 atom stereocenters. The highest BCUT2D eigenvalue weighted by atomic mass is 16.5. The van der Waals surface area contributed by atoms with Gasteiger partial charge in [0.2, 0.25) is 0 Å². The molecule has 1 unspecified atom stereocenters. The summed E-state index contributed by atoms with van der Waals surface area (Å²) in [6.45, 7) is 2.39. The van der Waals surface area contributed by atoms with Gasteiger partial charge in [0, 0.05) is 6.61 Å². The summed E-state index contributed by atoms with van der Waals surface area (Å²) in [6.07, 6.45) is -0.440. The lowest BCUT2D eigenvalue weighted by atomic mass is 10.1. The Bertz CT molecular complexity index is 489. The number of hydrogen-bond donors (Lipinski definition) is 1. The van der Waals surface area contributed by atoms with Crippen molar-refractivity contribution in [2.45, 2.75) is 13.0 Å². The van der Waals surface area contributed by atoms with E-state index >= 15 is 0 Å². The van der Waals surface area contributed by atoms with Crippen LogP contribution >= 0.6 is 0 Å². The molecule has 2 aromatic rings. The topological polar surface area (TPSA) is 68.1 Å². The smallest absolute Gasteiger partial charge is 0.389 e. The molecule has 0 amide bonds. The van der Waals surface area contributed by atoms with Crippen molar-refractivity contribution in [3.05, 3.63) is 52.3 Å². The van der Waals surface area contributed by atoms with Crippen LogP contribution in [0.15, 0.2) is 39.5 Å². The molecular formula is C11H12N2O3. The molecule has 1 heterocycles. The molecule has 0 saturated heterocycles. The molecule has 2 rings (SSSR count). The average Bonchev–Trinajstić information content (AvgIpc) is 2.74. The van der Waals surface area contributed by atoms with Crippen molar-refractivity contribution in [2.24, 2.45) is 0 Å². The van der Waals surface area contributed by atoms with E-state index < -0.39 is 11.9 Å². The molecule has 1 N–H and O–H groups in total. The summed E-state index contributed by atoms with van der Waals surface area (Å²) in [5, 5.41) is 6.01. The van der Waals surface area contributed by atoms with Crippen LogP contribution in [-0.2, 0) is 4.74 Å². The Morgan fingerprint density at radius 3 is 2.75 bits per heavy atom. The summed E-state index contributed by atoms with van der Waals surface area (Å²) >= 11 is 0. The average molecular weight is 220 g/mol. The maximum Gasteiger partial charge on any atom is 0.434 e. The molecule has 0 aliphatic rings. The summed E-state index contributed by atoms with van der Waals surface area (Å²) in [5.41, 5.74) is 0.902. The highest BCUT2D eigenvalue weighted by Gasteiger charge is 2.19. The molecule has 0 radical (unpaired) electrons. The number of aromatic nitrogens is 2. The summed E-state index contributed by atoms with van der Waals surface area (Å²) in [7, 11) is 0. The van der Waals surface area contributed by atoms with Crippen molar-refractivity contribution < 1.29 is 9.15 Å². The van der Waals surface area contributed by atoms with Crippen LogP contribution in [0.25, 0.3) is 0 Å². The minimum absolute atomic E-state index is 0.248. The third-order valence-electron chi connectivity index (χ3n) is 2.11. The van der Waals surface area contributed by atoms with E-state index in [1.165, 1.54) is 0 Å². The van der Waals surface area contributed by atoms with Crippen LogP contribution < -0.4 is 5.76 Å². The Hall–Kier alpha value is -1.88. The van der Waals surface area contributed by atoms with Gasteiger partial charge in [-0.3, -0.25) is 0 Å². The third kappa shape index (κ3) is 2.20. The molecular weight excluding hydrogens is 208 g/mol. The SMILES string of the molecule is CCOC(c1ccccc1)c1n[nH]c(=O)o1. The molecule has 0 aliphatic heterocycles. The van der Waals surface area contributed by atoms with Crippen LogP contribution in [0.4, 0.5) is 0 Å². The van der Waals surface area contributed by atoms with Crippen molar-refractivity contribution in [3.8, 4) is 0 Å². The normalized spacial score (nSPS) is 12.6. The van der Waals surface area contributed by atoms with Gasteiger partial charge in [-0.05, 0) is 12.5 Å². The lowest BCUT2D eigenvalue weighted by Crippen LogP contribution is -2.06. The Kier molecular flexibility index (Phi) is 3.16. The third-order valence-corrected chi connectivity index (χ3v) is 2.11. The van der Waals surface area contributed by atoms with E-state index in [4.69, 9.17) is 9.15 Å². The number of ether oxygens (including phenoxy) is 1. The molecule has 0 saturated carbocycles. The summed E-state index contributed by atoms with van der Waals surface area (Å²) in [4.78, 5) is 10.9. The van der Waals surface area contributed by atoms with Crippen LogP contribution in [0.5, 0.6) is 0 Å². The van der Waals surface area contributed by atoms with Crippen LogP contribution in [0.2, 0.25) is 0 Å². The Labute approximate surface area is 92.1 Å². The first-order valence-corrected chi connectivity index (χ1v) is 5.03. The number of rotatable bonds is 4. The van der Waals surface area contributed by atoms with Crippen molar-refractivity contribution in [2.75, 3.05) is 6.61 Å². The minimum Gasteiger partial charge on any atom is -0.389 e. The van der Waals surface area contributed by atoms with Crippen molar-refractivity contribution >= 4 is 0 Å². The van der Waals surface area contributed by atoms with Crippen LogP contribution in [0.1, 0.15) is 24.5 Å². The van der Waals surface area contributed by atoms with E-state index in [1.807, 2.05) is 37.3 Å². The number of benzene rings is 1. The molecule has 0 aliphatic carbocycles. The monoisotopic (exact) mass is 220 g/mol. The van der Waals surface area contributed by atoms with E-state index in [1.54, 1.807) is 0 Å². The minimum atomic E-state index is -0.573. The van der Waals surface area contributed by atoms with E-state index in [2.05, 4.69) is 10.2 Å². The van der Waals surface area contributed by atoms with E-state index in [0.29, 0.717) is 6.61 Å². The molecule has 0 bridgehead atoms. The second-order valence-electron chi connectivity index (χ2n) is 3.20. The molecule has 1 aromatic carbocycles. The molecule has 0 fully saturated rings. The Balaban J connectivity index is 2.34. The van der Waals surface area contributed by atoms with Crippen LogP contribution in [0.3, 0.4) is 0 Å². The van der Waals surface area contributed by atoms with Gasteiger partial charge < -0.3 is 9.15 Å². The lowest BCUT2D eigenvalue weighted by Gasteiger charge is -2.12. The zero-order valence-corrected chi connectivity index (χ0v) is 8.84.